The fourth-order valence-corrected chi connectivity index (χ4v) is 5.13. The fraction of sp³-hybridized carbons (Fsp3) is 0.968. The molecular weight excluding hydrogens is 545 g/mol. The predicted octanol–water partition coefficient (Wildman–Crippen LogP) is 7.74. The number of carboxylic acids is 1. The summed E-state index contributed by atoms with van der Waals surface area (Å²) in [7, 11) is 1.72. The number of quaternary nitrogens is 1. The number of hydrogen-bond donors (Lipinski definition) is 2. The van der Waals surface area contributed by atoms with Crippen molar-refractivity contribution in [2.75, 3.05) is 60.7 Å². The number of likely N-dealkylation sites (N-methyl/N-ethyl adjacent to an activating group) is 1. The molecule has 0 amide bonds. The summed E-state index contributed by atoms with van der Waals surface area (Å²) in [6.45, 7) is 4.00. The molecule has 0 rings (SSSR count). The molecule has 41 heavy (non-hydrogen) atoms. The van der Waals surface area contributed by atoms with Crippen molar-refractivity contribution >= 4 is 13.8 Å². The molecule has 10 heteroatoms. The SMILES string of the molecule is CCCCCCCCCCCCCCCCCCOCC(COP(=O)(O)OCC[N+](C)(C)C)OCCCCC(=O)O. The Morgan fingerprint density at radius 2 is 1.17 bits per heavy atom. The van der Waals surface area contributed by atoms with E-state index in [2.05, 4.69) is 6.92 Å². The van der Waals surface area contributed by atoms with Crippen LogP contribution in [0.15, 0.2) is 0 Å². The lowest BCUT2D eigenvalue weighted by Crippen LogP contribution is -2.37. The molecule has 0 aromatic rings. The molecule has 2 N–H and O–H groups in total. The lowest BCUT2D eigenvalue weighted by Gasteiger charge is -2.24. The standard InChI is InChI=1S/C31H64NO8P/c1-5-6-7-8-9-10-11-12-13-14-15-16-17-18-19-21-25-37-28-30(38-26-22-20-23-31(33)34)29-40-41(35,36)39-27-24-32(2,3)4/h30H,5-29H2,1-4H3,(H-,33,34,35,36)/p+1. The number of hydrogen-bond acceptors (Lipinski definition) is 6. The first kappa shape index (κ1) is 40.5. The quantitative estimate of drug-likeness (QED) is 0.0452. The summed E-state index contributed by atoms with van der Waals surface area (Å²) in [6, 6.07) is 0. The highest BCUT2D eigenvalue weighted by atomic mass is 31.2. The molecule has 2 unspecified atom stereocenters. The normalized spacial score (nSPS) is 14.3. The van der Waals surface area contributed by atoms with Crippen molar-refractivity contribution in [1.29, 1.82) is 0 Å². The van der Waals surface area contributed by atoms with Crippen molar-refractivity contribution in [3.8, 4) is 0 Å². The molecule has 0 aliphatic heterocycles. The molecule has 0 saturated carbocycles. The maximum Gasteiger partial charge on any atom is 0.472 e. The molecule has 0 saturated heterocycles. The first-order chi connectivity index (χ1) is 19.6. The minimum atomic E-state index is -4.19. The lowest BCUT2D eigenvalue weighted by atomic mass is 10.0. The van der Waals surface area contributed by atoms with Crippen LogP contribution in [-0.2, 0) is 27.9 Å². The van der Waals surface area contributed by atoms with Crippen LogP contribution in [-0.4, -0.2) is 87.3 Å². The monoisotopic (exact) mass is 610 g/mol. The van der Waals surface area contributed by atoms with Gasteiger partial charge in [-0.15, -0.1) is 0 Å². The summed E-state index contributed by atoms with van der Waals surface area (Å²) < 4.78 is 34.7. The van der Waals surface area contributed by atoms with E-state index >= 15 is 0 Å². The van der Waals surface area contributed by atoms with E-state index < -0.39 is 19.9 Å². The van der Waals surface area contributed by atoms with E-state index in [4.69, 9.17) is 23.6 Å². The molecule has 0 aliphatic carbocycles. The Morgan fingerprint density at radius 1 is 0.683 bits per heavy atom. The Bertz CT molecular complexity index is 644. The van der Waals surface area contributed by atoms with Crippen molar-refractivity contribution in [3.05, 3.63) is 0 Å². The van der Waals surface area contributed by atoms with Gasteiger partial charge < -0.3 is 24.0 Å². The van der Waals surface area contributed by atoms with Crippen LogP contribution in [0.3, 0.4) is 0 Å². The second-order valence-corrected chi connectivity index (χ2v) is 13.8. The van der Waals surface area contributed by atoms with Crippen molar-refractivity contribution in [2.45, 2.75) is 135 Å². The second kappa shape index (κ2) is 27.0. The molecule has 0 heterocycles. The zero-order valence-electron chi connectivity index (χ0n) is 27.0. The largest absolute Gasteiger partial charge is 0.481 e. The summed E-state index contributed by atoms with van der Waals surface area (Å²) in [6.07, 6.45) is 21.8. The smallest absolute Gasteiger partial charge is 0.472 e. The van der Waals surface area contributed by atoms with Crippen LogP contribution in [0, 0.1) is 0 Å². The van der Waals surface area contributed by atoms with Crippen molar-refractivity contribution in [2.24, 2.45) is 0 Å². The maximum atomic E-state index is 12.2. The molecule has 0 aromatic heterocycles. The highest BCUT2D eigenvalue weighted by Gasteiger charge is 2.25. The molecule has 0 aliphatic rings. The van der Waals surface area contributed by atoms with E-state index in [1.54, 1.807) is 0 Å². The van der Waals surface area contributed by atoms with Crippen LogP contribution in [0.1, 0.15) is 129 Å². The molecule has 246 valence electrons. The Morgan fingerprint density at radius 3 is 1.66 bits per heavy atom. The van der Waals surface area contributed by atoms with Gasteiger partial charge in [0.15, 0.2) is 0 Å². The number of carboxylic acid groups (broad SMARTS) is 1. The third-order valence-corrected chi connectivity index (χ3v) is 8.01. The first-order valence-corrected chi connectivity index (χ1v) is 17.9. The summed E-state index contributed by atoms with van der Waals surface area (Å²) in [5.41, 5.74) is 0. The number of nitrogens with zero attached hydrogens (tertiary/aromatic N) is 1. The van der Waals surface area contributed by atoms with E-state index in [1.807, 2.05) is 21.1 Å². The predicted molar refractivity (Wildman–Crippen MR) is 166 cm³/mol. The maximum absolute atomic E-state index is 12.2. The van der Waals surface area contributed by atoms with Crippen LogP contribution >= 0.6 is 7.82 Å². The lowest BCUT2D eigenvalue weighted by molar-refractivity contribution is -0.870. The number of rotatable bonds is 32. The van der Waals surface area contributed by atoms with Gasteiger partial charge in [0.25, 0.3) is 0 Å². The number of carbonyl (C=O) groups is 1. The number of unbranched alkanes of at least 4 members (excludes halogenated alkanes) is 16. The molecular formula is C31H65NO8P+. The van der Waals surface area contributed by atoms with Gasteiger partial charge in [0.05, 0.1) is 34.4 Å². The van der Waals surface area contributed by atoms with Gasteiger partial charge in [-0.2, -0.15) is 0 Å². The molecule has 0 radical (unpaired) electrons. The van der Waals surface area contributed by atoms with E-state index in [-0.39, 0.29) is 26.2 Å². The van der Waals surface area contributed by atoms with Crippen LogP contribution in [0.25, 0.3) is 0 Å². The molecule has 0 fully saturated rings. The highest BCUT2D eigenvalue weighted by molar-refractivity contribution is 7.47. The van der Waals surface area contributed by atoms with Crippen LogP contribution in [0.4, 0.5) is 0 Å². The molecule has 9 nitrogen and oxygen atoms in total. The van der Waals surface area contributed by atoms with Crippen LogP contribution in [0.2, 0.25) is 0 Å². The highest BCUT2D eigenvalue weighted by Crippen LogP contribution is 2.43. The Hall–Kier alpha value is -0.540. The van der Waals surface area contributed by atoms with E-state index in [1.165, 1.54) is 89.9 Å². The summed E-state index contributed by atoms with van der Waals surface area (Å²) in [5.74, 6) is -0.834. The Labute approximate surface area is 251 Å². The summed E-state index contributed by atoms with van der Waals surface area (Å²) in [5, 5.41) is 8.78. The number of aliphatic carboxylic acids is 1. The summed E-state index contributed by atoms with van der Waals surface area (Å²) in [4.78, 5) is 20.7. The average molecular weight is 611 g/mol. The Balaban J connectivity index is 3.95. The van der Waals surface area contributed by atoms with E-state index in [0.29, 0.717) is 37.1 Å². The van der Waals surface area contributed by atoms with Crippen molar-refractivity contribution < 1.29 is 42.4 Å². The number of ether oxygens (including phenoxy) is 2. The number of phosphoric acid groups is 1. The zero-order chi connectivity index (χ0) is 30.7. The first-order valence-electron chi connectivity index (χ1n) is 16.4. The van der Waals surface area contributed by atoms with Crippen LogP contribution in [0.5, 0.6) is 0 Å². The van der Waals surface area contributed by atoms with Gasteiger partial charge >= 0.3 is 13.8 Å². The van der Waals surface area contributed by atoms with E-state index in [0.717, 1.165) is 12.8 Å². The molecule has 0 aromatic carbocycles. The van der Waals surface area contributed by atoms with E-state index in [9.17, 15) is 14.3 Å². The van der Waals surface area contributed by atoms with Gasteiger partial charge in [0, 0.05) is 19.6 Å². The van der Waals surface area contributed by atoms with Gasteiger partial charge in [-0.25, -0.2) is 4.57 Å². The fourth-order valence-electron chi connectivity index (χ4n) is 4.38. The zero-order valence-corrected chi connectivity index (χ0v) is 27.9. The van der Waals surface area contributed by atoms with Crippen molar-refractivity contribution in [3.63, 3.8) is 0 Å². The minimum absolute atomic E-state index is 0.0895. The van der Waals surface area contributed by atoms with Gasteiger partial charge in [0.2, 0.25) is 0 Å². The minimum Gasteiger partial charge on any atom is -0.481 e. The third kappa shape index (κ3) is 32.2. The van der Waals surface area contributed by atoms with Crippen LogP contribution < -0.4 is 0 Å². The molecule has 0 spiro atoms. The Kier molecular flexibility index (Phi) is 26.7. The summed E-state index contributed by atoms with van der Waals surface area (Å²) >= 11 is 0. The average Bonchev–Trinajstić information content (AvgIpc) is 2.89. The second-order valence-electron chi connectivity index (χ2n) is 12.3. The molecule has 2 atom stereocenters. The number of phosphoric ester groups is 1. The van der Waals surface area contributed by atoms with Gasteiger partial charge in [0.1, 0.15) is 19.3 Å². The van der Waals surface area contributed by atoms with Crippen molar-refractivity contribution in [1.82, 2.24) is 0 Å². The van der Waals surface area contributed by atoms with Gasteiger partial charge in [-0.3, -0.25) is 13.8 Å². The molecule has 0 bridgehead atoms. The third-order valence-electron chi connectivity index (χ3n) is 7.02. The van der Waals surface area contributed by atoms with Gasteiger partial charge in [-0.05, 0) is 19.3 Å². The van der Waals surface area contributed by atoms with Gasteiger partial charge in [-0.1, -0.05) is 103 Å². The topological polar surface area (TPSA) is 112 Å².